The molecule has 2 N–H and O–H groups in total. The Bertz CT molecular complexity index is 448. The van der Waals surface area contributed by atoms with Crippen LogP contribution in [0.2, 0.25) is 0 Å². The van der Waals surface area contributed by atoms with Gasteiger partial charge in [0.2, 0.25) is 0 Å². The molecule has 0 amide bonds. The number of aliphatic hydroxyl groups excluding tert-OH is 1. The lowest BCUT2D eigenvalue weighted by Crippen LogP contribution is -3.15. The molecule has 0 spiro atoms. The van der Waals surface area contributed by atoms with E-state index in [-0.39, 0.29) is 0 Å². The maximum Gasteiger partial charge on any atom is 0.161 e. The maximum atomic E-state index is 10.0. The third-order valence-electron chi connectivity index (χ3n) is 3.75. The molecule has 1 aromatic carbocycles. The molecule has 0 unspecified atom stereocenters. The van der Waals surface area contributed by atoms with Gasteiger partial charge in [0.15, 0.2) is 11.5 Å². The molecule has 1 saturated heterocycles. The van der Waals surface area contributed by atoms with E-state index in [1.54, 1.807) is 14.2 Å². The van der Waals surface area contributed by atoms with Gasteiger partial charge >= 0.3 is 0 Å². The maximum absolute atomic E-state index is 10.0. The predicted octanol–water partition coefficient (Wildman–Crippen LogP) is -0.504. The Morgan fingerprint density at radius 2 is 1.91 bits per heavy atom. The first-order valence-electron chi connectivity index (χ1n) is 7.61. The second-order valence-electron chi connectivity index (χ2n) is 5.42. The SMILES string of the molecule is COc1ccc(COC[C@@H](O)C[NH+]2CCOCC2)cc1OC. The number of quaternary nitrogens is 1. The number of hydrogen-bond donors (Lipinski definition) is 2. The summed E-state index contributed by atoms with van der Waals surface area (Å²) in [7, 11) is 3.22. The lowest BCUT2D eigenvalue weighted by Gasteiger charge is -2.25. The third-order valence-corrected chi connectivity index (χ3v) is 3.75. The van der Waals surface area contributed by atoms with Crippen molar-refractivity contribution in [2.75, 3.05) is 53.7 Å². The monoisotopic (exact) mass is 312 g/mol. The van der Waals surface area contributed by atoms with Crippen LogP contribution in [0, 0.1) is 0 Å². The van der Waals surface area contributed by atoms with E-state index >= 15 is 0 Å². The topological polar surface area (TPSA) is 61.6 Å². The molecule has 0 aliphatic carbocycles. The van der Waals surface area contributed by atoms with Crippen LogP contribution in [0.4, 0.5) is 0 Å². The van der Waals surface area contributed by atoms with Crippen molar-refractivity contribution in [1.29, 1.82) is 0 Å². The minimum absolute atomic E-state index is 0.332. The average Bonchev–Trinajstić information content (AvgIpc) is 2.55. The molecule has 6 nitrogen and oxygen atoms in total. The van der Waals surface area contributed by atoms with E-state index in [4.69, 9.17) is 18.9 Å². The molecule has 1 aromatic rings. The standard InChI is InChI=1S/C16H25NO5/c1-19-15-4-3-13(9-16(15)20-2)11-22-12-14(18)10-17-5-7-21-8-6-17/h3-4,9,14,18H,5-8,10-12H2,1-2H3/p+1/t14-/m0/s1. The minimum Gasteiger partial charge on any atom is -0.493 e. The Morgan fingerprint density at radius 3 is 2.59 bits per heavy atom. The number of benzene rings is 1. The number of morpholine rings is 1. The van der Waals surface area contributed by atoms with Crippen molar-refractivity contribution >= 4 is 0 Å². The molecule has 1 fully saturated rings. The Balaban J connectivity index is 1.73. The van der Waals surface area contributed by atoms with E-state index in [2.05, 4.69) is 0 Å². The van der Waals surface area contributed by atoms with Crippen LogP contribution in [0.15, 0.2) is 18.2 Å². The Labute approximate surface area is 131 Å². The first kappa shape index (κ1) is 17.0. The number of methoxy groups -OCH3 is 2. The fourth-order valence-corrected chi connectivity index (χ4v) is 2.54. The molecule has 2 rings (SSSR count). The van der Waals surface area contributed by atoms with Crippen molar-refractivity contribution in [1.82, 2.24) is 0 Å². The molecule has 6 heteroatoms. The third kappa shape index (κ3) is 5.14. The number of ether oxygens (including phenoxy) is 4. The van der Waals surface area contributed by atoms with Gasteiger partial charge in [-0.1, -0.05) is 6.07 Å². The highest BCUT2D eigenvalue weighted by Gasteiger charge is 2.18. The Morgan fingerprint density at radius 1 is 1.18 bits per heavy atom. The summed E-state index contributed by atoms with van der Waals surface area (Å²) in [6.45, 7) is 4.92. The second kappa shape index (κ2) is 8.95. The van der Waals surface area contributed by atoms with Crippen molar-refractivity contribution in [2.45, 2.75) is 12.7 Å². The molecular formula is C16H26NO5+. The van der Waals surface area contributed by atoms with Gasteiger partial charge in [0.1, 0.15) is 25.7 Å². The molecule has 1 heterocycles. The van der Waals surface area contributed by atoms with E-state index < -0.39 is 6.10 Å². The fourth-order valence-electron chi connectivity index (χ4n) is 2.54. The summed E-state index contributed by atoms with van der Waals surface area (Å²) in [5, 5.41) is 10.0. The highest BCUT2D eigenvalue weighted by atomic mass is 16.5. The fraction of sp³-hybridized carbons (Fsp3) is 0.625. The summed E-state index contributed by atoms with van der Waals surface area (Å²) in [4.78, 5) is 1.37. The molecular weight excluding hydrogens is 286 g/mol. The van der Waals surface area contributed by atoms with Crippen molar-refractivity contribution in [3.05, 3.63) is 23.8 Å². The lowest BCUT2D eigenvalue weighted by molar-refractivity contribution is -0.911. The highest BCUT2D eigenvalue weighted by molar-refractivity contribution is 5.42. The zero-order valence-corrected chi connectivity index (χ0v) is 13.3. The first-order valence-corrected chi connectivity index (χ1v) is 7.61. The summed E-state index contributed by atoms with van der Waals surface area (Å²) in [6, 6.07) is 5.67. The van der Waals surface area contributed by atoms with Gasteiger partial charge in [-0.3, -0.25) is 0 Å². The van der Waals surface area contributed by atoms with Crippen LogP contribution < -0.4 is 14.4 Å². The number of nitrogens with one attached hydrogen (secondary N) is 1. The minimum atomic E-state index is -0.451. The number of hydrogen-bond acceptors (Lipinski definition) is 5. The first-order chi connectivity index (χ1) is 10.7. The van der Waals surface area contributed by atoms with E-state index in [0.29, 0.717) is 31.3 Å². The van der Waals surface area contributed by atoms with Crippen molar-refractivity contribution in [3.8, 4) is 11.5 Å². The van der Waals surface area contributed by atoms with Gasteiger partial charge in [0.25, 0.3) is 0 Å². The summed E-state index contributed by atoms with van der Waals surface area (Å²) < 4.78 is 21.4. The smallest absolute Gasteiger partial charge is 0.161 e. The van der Waals surface area contributed by atoms with Crippen LogP contribution >= 0.6 is 0 Å². The molecule has 124 valence electrons. The van der Waals surface area contributed by atoms with Crippen molar-refractivity contribution < 1.29 is 29.0 Å². The van der Waals surface area contributed by atoms with Gasteiger partial charge in [-0.15, -0.1) is 0 Å². The van der Waals surface area contributed by atoms with Gasteiger partial charge in [-0.05, 0) is 17.7 Å². The second-order valence-corrected chi connectivity index (χ2v) is 5.42. The Hall–Kier alpha value is -1.34. The average molecular weight is 312 g/mol. The molecule has 22 heavy (non-hydrogen) atoms. The van der Waals surface area contributed by atoms with Gasteiger partial charge in [0, 0.05) is 0 Å². The van der Waals surface area contributed by atoms with Crippen LogP contribution in [0.3, 0.4) is 0 Å². The summed E-state index contributed by atoms with van der Waals surface area (Å²) in [5.41, 5.74) is 0.989. The summed E-state index contributed by atoms with van der Waals surface area (Å²) in [5.74, 6) is 1.38. The zero-order chi connectivity index (χ0) is 15.8. The van der Waals surface area contributed by atoms with Crippen LogP contribution in [-0.2, 0) is 16.1 Å². The van der Waals surface area contributed by atoms with E-state index in [1.165, 1.54) is 4.90 Å². The molecule has 0 aromatic heterocycles. The molecule has 1 aliphatic heterocycles. The predicted molar refractivity (Wildman–Crippen MR) is 81.6 cm³/mol. The largest absolute Gasteiger partial charge is 0.493 e. The lowest BCUT2D eigenvalue weighted by atomic mass is 10.2. The van der Waals surface area contributed by atoms with E-state index in [1.807, 2.05) is 18.2 Å². The van der Waals surface area contributed by atoms with Crippen LogP contribution in [0.5, 0.6) is 11.5 Å². The molecule has 0 saturated carbocycles. The Kier molecular flexibility index (Phi) is 6.92. The van der Waals surface area contributed by atoms with Crippen LogP contribution in [-0.4, -0.2) is 64.9 Å². The normalized spacial score (nSPS) is 17.2. The molecule has 1 atom stereocenters. The van der Waals surface area contributed by atoms with Gasteiger partial charge < -0.3 is 29.0 Å². The van der Waals surface area contributed by atoms with Gasteiger partial charge in [-0.2, -0.15) is 0 Å². The van der Waals surface area contributed by atoms with Crippen molar-refractivity contribution in [3.63, 3.8) is 0 Å². The molecule has 0 bridgehead atoms. The highest BCUT2D eigenvalue weighted by Crippen LogP contribution is 2.27. The van der Waals surface area contributed by atoms with Crippen molar-refractivity contribution in [2.24, 2.45) is 0 Å². The van der Waals surface area contributed by atoms with E-state index in [9.17, 15) is 5.11 Å². The number of aliphatic hydroxyl groups is 1. The summed E-state index contributed by atoms with van der Waals surface area (Å²) in [6.07, 6.45) is -0.451. The van der Waals surface area contributed by atoms with E-state index in [0.717, 1.165) is 31.9 Å². The van der Waals surface area contributed by atoms with Gasteiger partial charge in [-0.25, -0.2) is 0 Å². The molecule has 0 radical (unpaired) electrons. The van der Waals surface area contributed by atoms with Crippen LogP contribution in [0.1, 0.15) is 5.56 Å². The number of rotatable bonds is 8. The van der Waals surface area contributed by atoms with Gasteiger partial charge in [0.05, 0.1) is 40.6 Å². The van der Waals surface area contributed by atoms with Crippen LogP contribution in [0.25, 0.3) is 0 Å². The zero-order valence-electron chi connectivity index (χ0n) is 13.3. The summed E-state index contributed by atoms with van der Waals surface area (Å²) >= 11 is 0. The quantitative estimate of drug-likeness (QED) is 0.677. The molecule has 1 aliphatic rings.